The van der Waals surface area contributed by atoms with Crippen molar-refractivity contribution in [3.8, 4) is 0 Å². The number of amides is 1. The topological polar surface area (TPSA) is 44.4 Å². The van der Waals surface area contributed by atoms with Gasteiger partial charge in [-0.15, -0.1) is 0 Å². The monoisotopic (exact) mass is 283 g/mol. The van der Waals surface area contributed by atoms with Crippen molar-refractivity contribution < 1.29 is 4.79 Å². The minimum absolute atomic E-state index is 0.183. The van der Waals surface area contributed by atoms with Crippen molar-refractivity contribution in [1.82, 2.24) is 15.5 Å². The molecule has 4 nitrogen and oxygen atoms in total. The molecule has 0 aromatic rings. The number of piperidine rings is 1. The Morgan fingerprint density at radius 1 is 1.30 bits per heavy atom. The van der Waals surface area contributed by atoms with Crippen LogP contribution >= 0.6 is 0 Å². The minimum Gasteiger partial charge on any atom is -0.353 e. The summed E-state index contributed by atoms with van der Waals surface area (Å²) in [5.74, 6) is 0.183. The summed E-state index contributed by atoms with van der Waals surface area (Å²) >= 11 is 0. The Kier molecular flexibility index (Phi) is 8.15. The summed E-state index contributed by atoms with van der Waals surface area (Å²) in [6, 6.07) is 1.32. The summed E-state index contributed by atoms with van der Waals surface area (Å²) in [6.07, 6.45) is 5.89. The maximum absolute atomic E-state index is 12.1. The number of carbonyl (C=O) groups is 1. The van der Waals surface area contributed by atoms with Crippen LogP contribution in [0.1, 0.15) is 59.8 Å². The summed E-state index contributed by atoms with van der Waals surface area (Å²) in [7, 11) is 0. The lowest BCUT2D eigenvalue weighted by Crippen LogP contribution is -2.51. The van der Waals surface area contributed by atoms with E-state index in [0.29, 0.717) is 24.7 Å². The van der Waals surface area contributed by atoms with Gasteiger partial charge >= 0.3 is 0 Å². The van der Waals surface area contributed by atoms with Crippen LogP contribution in [0.25, 0.3) is 0 Å². The van der Waals surface area contributed by atoms with Crippen molar-refractivity contribution in [2.24, 2.45) is 0 Å². The largest absolute Gasteiger partial charge is 0.353 e. The van der Waals surface area contributed by atoms with Crippen LogP contribution in [-0.4, -0.2) is 48.6 Å². The molecule has 0 aliphatic carbocycles. The van der Waals surface area contributed by atoms with Crippen molar-refractivity contribution in [2.75, 3.05) is 19.6 Å². The molecule has 0 aromatic carbocycles. The highest BCUT2D eigenvalue weighted by Gasteiger charge is 2.24. The maximum atomic E-state index is 12.1. The summed E-state index contributed by atoms with van der Waals surface area (Å²) in [5.41, 5.74) is 0. The number of hydrogen-bond donors (Lipinski definition) is 2. The summed E-state index contributed by atoms with van der Waals surface area (Å²) < 4.78 is 0. The van der Waals surface area contributed by atoms with E-state index in [1.54, 1.807) is 0 Å². The van der Waals surface area contributed by atoms with E-state index in [1.165, 1.54) is 19.3 Å². The predicted molar refractivity (Wildman–Crippen MR) is 84.9 cm³/mol. The molecule has 20 heavy (non-hydrogen) atoms. The zero-order valence-corrected chi connectivity index (χ0v) is 13.7. The zero-order chi connectivity index (χ0) is 15.0. The molecule has 1 saturated heterocycles. The lowest BCUT2D eigenvalue weighted by atomic mass is 10.0. The lowest BCUT2D eigenvalue weighted by Gasteiger charge is -2.36. The van der Waals surface area contributed by atoms with Gasteiger partial charge in [0.15, 0.2) is 0 Å². The quantitative estimate of drug-likeness (QED) is 0.717. The molecule has 1 amide bonds. The normalized spacial score (nSPS) is 21.9. The molecule has 2 unspecified atom stereocenters. The SMILES string of the molecule is CCCC(C)NC(=O)CN1CCCCC1CNC(C)C. The molecule has 0 spiro atoms. The standard InChI is InChI=1S/C16H33N3O/c1-5-8-14(4)18-16(20)12-19-10-7-6-9-15(19)11-17-13(2)3/h13-15,17H,5-12H2,1-4H3,(H,18,20). The summed E-state index contributed by atoms with van der Waals surface area (Å²) in [5, 5.41) is 6.62. The molecule has 2 atom stereocenters. The Bertz CT molecular complexity index is 281. The Morgan fingerprint density at radius 3 is 2.70 bits per heavy atom. The van der Waals surface area contributed by atoms with Crippen LogP contribution in [0.3, 0.4) is 0 Å². The highest BCUT2D eigenvalue weighted by atomic mass is 16.2. The van der Waals surface area contributed by atoms with Gasteiger partial charge in [-0.3, -0.25) is 9.69 Å². The molecule has 0 saturated carbocycles. The van der Waals surface area contributed by atoms with Crippen LogP contribution in [0.2, 0.25) is 0 Å². The third kappa shape index (κ3) is 6.71. The molecule has 1 fully saturated rings. The molecule has 1 rings (SSSR count). The second-order valence-corrected chi connectivity index (χ2v) is 6.44. The Hall–Kier alpha value is -0.610. The van der Waals surface area contributed by atoms with Crippen LogP contribution in [0, 0.1) is 0 Å². The fraction of sp³-hybridized carbons (Fsp3) is 0.938. The van der Waals surface area contributed by atoms with E-state index in [9.17, 15) is 4.79 Å². The maximum Gasteiger partial charge on any atom is 0.234 e. The minimum atomic E-state index is 0.183. The van der Waals surface area contributed by atoms with Crippen molar-refractivity contribution >= 4 is 5.91 Å². The first kappa shape index (κ1) is 17.4. The molecule has 1 aliphatic heterocycles. The molecule has 1 heterocycles. The number of rotatable bonds is 8. The second-order valence-electron chi connectivity index (χ2n) is 6.44. The van der Waals surface area contributed by atoms with E-state index >= 15 is 0 Å². The Labute approximate surface area is 124 Å². The molecule has 0 bridgehead atoms. The third-order valence-electron chi connectivity index (χ3n) is 3.99. The van der Waals surface area contributed by atoms with Gasteiger partial charge in [-0.2, -0.15) is 0 Å². The van der Waals surface area contributed by atoms with E-state index in [4.69, 9.17) is 0 Å². The predicted octanol–water partition coefficient (Wildman–Crippen LogP) is 2.14. The fourth-order valence-electron chi connectivity index (χ4n) is 2.88. The molecular weight excluding hydrogens is 250 g/mol. The zero-order valence-electron chi connectivity index (χ0n) is 13.7. The van der Waals surface area contributed by atoms with Gasteiger partial charge in [-0.1, -0.05) is 33.6 Å². The number of likely N-dealkylation sites (tertiary alicyclic amines) is 1. The molecule has 2 N–H and O–H groups in total. The smallest absolute Gasteiger partial charge is 0.234 e. The van der Waals surface area contributed by atoms with Crippen molar-refractivity contribution in [3.63, 3.8) is 0 Å². The van der Waals surface area contributed by atoms with Crippen molar-refractivity contribution in [1.29, 1.82) is 0 Å². The van der Waals surface area contributed by atoms with E-state index in [-0.39, 0.29) is 5.91 Å². The number of nitrogens with zero attached hydrogens (tertiary/aromatic N) is 1. The molecule has 0 aromatic heterocycles. The average Bonchev–Trinajstić information content (AvgIpc) is 2.37. The van der Waals surface area contributed by atoms with Gasteiger partial charge < -0.3 is 10.6 Å². The molecular formula is C16H33N3O. The molecule has 1 aliphatic rings. The third-order valence-corrected chi connectivity index (χ3v) is 3.99. The average molecular weight is 283 g/mol. The van der Waals surface area contributed by atoms with Crippen LogP contribution in [0.15, 0.2) is 0 Å². The summed E-state index contributed by atoms with van der Waals surface area (Å²) in [6.45, 7) is 11.2. The van der Waals surface area contributed by atoms with Gasteiger partial charge in [0.2, 0.25) is 5.91 Å². The van der Waals surface area contributed by atoms with Gasteiger partial charge in [0.05, 0.1) is 6.54 Å². The van der Waals surface area contributed by atoms with Crippen LogP contribution in [0.5, 0.6) is 0 Å². The van der Waals surface area contributed by atoms with Gasteiger partial charge in [-0.05, 0) is 32.7 Å². The number of hydrogen-bond acceptors (Lipinski definition) is 3. The van der Waals surface area contributed by atoms with Gasteiger partial charge in [0.1, 0.15) is 0 Å². The Balaban J connectivity index is 2.39. The van der Waals surface area contributed by atoms with Gasteiger partial charge in [-0.25, -0.2) is 0 Å². The fourth-order valence-corrected chi connectivity index (χ4v) is 2.88. The van der Waals surface area contributed by atoms with Crippen LogP contribution < -0.4 is 10.6 Å². The summed E-state index contributed by atoms with van der Waals surface area (Å²) in [4.78, 5) is 14.5. The van der Waals surface area contributed by atoms with E-state index in [2.05, 4.69) is 43.2 Å². The highest BCUT2D eigenvalue weighted by Crippen LogP contribution is 2.16. The van der Waals surface area contributed by atoms with E-state index < -0.39 is 0 Å². The highest BCUT2D eigenvalue weighted by molar-refractivity contribution is 5.78. The second kappa shape index (κ2) is 9.35. The van der Waals surface area contributed by atoms with Crippen LogP contribution in [0.4, 0.5) is 0 Å². The number of carbonyl (C=O) groups excluding carboxylic acids is 1. The van der Waals surface area contributed by atoms with E-state index in [0.717, 1.165) is 25.9 Å². The van der Waals surface area contributed by atoms with Crippen molar-refractivity contribution in [3.05, 3.63) is 0 Å². The first-order valence-corrected chi connectivity index (χ1v) is 8.29. The first-order chi connectivity index (χ1) is 9.52. The molecule has 0 radical (unpaired) electrons. The molecule has 118 valence electrons. The van der Waals surface area contributed by atoms with Gasteiger partial charge in [0, 0.05) is 24.7 Å². The van der Waals surface area contributed by atoms with E-state index in [1.807, 2.05) is 0 Å². The lowest BCUT2D eigenvalue weighted by molar-refractivity contribution is -0.123. The van der Waals surface area contributed by atoms with Gasteiger partial charge in [0.25, 0.3) is 0 Å². The van der Waals surface area contributed by atoms with Crippen molar-refractivity contribution in [2.45, 2.75) is 77.9 Å². The van der Waals surface area contributed by atoms with Crippen LogP contribution in [-0.2, 0) is 4.79 Å². The number of nitrogens with one attached hydrogen (secondary N) is 2. The molecule has 4 heteroatoms. The Morgan fingerprint density at radius 2 is 2.05 bits per heavy atom. The first-order valence-electron chi connectivity index (χ1n) is 8.29.